The van der Waals surface area contributed by atoms with Crippen LogP contribution in [0.15, 0.2) is 180 Å². The van der Waals surface area contributed by atoms with E-state index in [0.29, 0.717) is 17.5 Å². The summed E-state index contributed by atoms with van der Waals surface area (Å²) in [5.74, 6) is 1.85. The predicted molar refractivity (Wildman–Crippen MR) is 259 cm³/mol. The number of furan rings is 1. The zero-order valence-corrected chi connectivity index (χ0v) is 35.5. The molecule has 4 heteroatoms. The molecule has 0 radical (unpaired) electrons. The average Bonchev–Trinajstić information content (AvgIpc) is 3.90. The van der Waals surface area contributed by atoms with Crippen LogP contribution in [0, 0.1) is 0 Å². The Kier molecular flexibility index (Phi) is 7.38. The molecule has 0 fully saturated rings. The summed E-state index contributed by atoms with van der Waals surface area (Å²) in [6.45, 7) is 9.31. The van der Waals surface area contributed by atoms with E-state index in [1.807, 2.05) is 6.07 Å². The van der Waals surface area contributed by atoms with Gasteiger partial charge in [-0.1, -0.05) is 173 Å². The number of fused-ring (bicyclic) bond motifs is 13. The molecule has 0 N–H and O–H groups in total. The zero-order chi connectivity index (χ0) is 42.2. The SMILES string of the molecule is CC1(C)c2ccccc2-c2cc3c(ccc4ccc(-c5nc(-c6ccccc6-c6ccccc6)nc(-c6cc7c(c8oc9ccccc9c68)-c6ccccc6C7(C)C)n5)cc43)cc21. The van der Waals surface area contributed by atoms with Crippen molar-refractivity contribution in [2.45, 2.75) is 38.5 Å². The molecule has 63 heavy (non-hydrogen) atoms. The Morgan fingerprint density at radius 3 is 1.76 bits per heavy atom. The number of hydrogen-bond acceptors (Lipinski definition) is 4. The van der Waals surface area contributed by atoms with Crippen LogP contribution in [0.25, 0.3) is 111 Å². The normalized spacial score (nSPS) is 14.3. The fraction of sp³-hybridized carbons (Fsp3) is 0.102. The zero-order valence-electron chi connectivity index (χ0n) is 35.5. The highest BCUT2D eigenvalue weighted by Gasteiger charge is 2.39. The van der Waals surface area contributed by atoms with Crippen LogP contribution in [0.3, 0.4) is 0 Å². The molecule has 2 aliphatic rings. The van der Waals surface area contributed by atoms with Gasteiger partial charge in [-0.25, -0.2) is 15.0 Å². The Bertz CT molecular complexity index is 3740. The van der Waals surface area contributed by atoms with E-state index in [9.17, 15) is 0 Å². The van der Waals surface area contributed by atoms with Crippen molar-refractivity contribution in [1.29, 1.82) is 0 Å². The number of nitrogens with zero attached hydrogens (tertiary/aromatic N) is 3. The highest BCUT2D eigenvalue weighted by atomic mass is 16.3. The molecule has 13 rings (SSSR count). The lowest BCUT2D eigenvalue weighted by molar-refractivity contribution is 0.653. The van der Waals surface area contributed by atoms with Crippen LogP contribution in [0.4, 0.5) is 0 Å². The monoisotopic (exact) mass is 807 g/mol. The molecule has 2 heterocycles. The molecule has 0 saturated carbocycles. The van der Waals surface area contributed by atoms with Gasteiger partial charge in [-0.15, -0.1) is 0 Å². The Morgan fingerprint density at radius 2 is 0.952 bits per heavy atom. The van der Waals surface area contributed by atoms with E-state index in [0.717, 1.165) is 55.3 Å². The van der Waals surface area contributed by atoms with Gasteiger partial charge in [-0.05, 0) is 102 Å². The lowest BCUT2D eigenvalue weighted by atomic mass is 9.81. The minimum Gasteiger partial charge on any atom is -0.455 e. The Labute approximate surface area is 365 Å². The highest BCUT2D eigenvalue weighted by Crippen LogP contribution is 2.55. The van der Waals surface area contributed by atoms with Crippen LogP contribution in [0.1, 0.15) is 49.9 Å². The van der Waals surface area contributed by atoms with Crippen LogP contribution in [0.5, 0.6) is 0 Å². The number of para-hydroxylation sites is 1. The summed E-state index contributed by atoms with van der Waals surface area (Å²) in [6.07, 6.45) is 0. The van der Waals surface area contributed by atoms with Crippen molar-refractivity contribution in [1.82, 2.24) is 15.0 Å². The average molecular weight is 808 g/mol. The Balaban J connectivity index is 1.09. The molecular formula is C59H41N3O. The molecule has 0 unspecified atom stereocenters. The maximum atomic E-state index is 6.90. The Morgan fingerprint density at radius 1 is 0.365 bits per heavy atom. The van der Waals surface area contributed by atoms with Gasteiger partial charge in [0.1, 0.15) is 11.2 Å². The second-order valence-electron chi connectivity index (χ2n) is 18.3. The van der Waals surface area contributed by atoms with Crippen LogP contribution in [0.2, 0.25) is 0 Å². The minimum atomic E-state index is -0.276. The van der Waals surface area contributed by atoms with Crippen molar-refractivity contribution in [3.05, 3.63) is 198 Å². The van der Waals surface area contributed by atoms with Crippen molar-refractivity contribution in [3.63, 3.8) is 0 Å². The smallest absolute Gasteiger partial charge is 0.164 e. The summed E-state index contributed by atoms with van der Waals surface area (Å²) >= 11 is 0. The number of hydrogen-bond donors (Lipinski definition) is 0. The van der Waals surface area contributed by atoms with Gasteiger partial charge in [0.15, 0.2) is 17.5 Å². The van der Waals surface area contributed by atoms with E-state index in [-0.39, 0.29) is 10.8 Å². The molecule has 4 nitrogen and oxygen atoms in total. The Hall–Kier alpha value is -7.69. The maximum absolute atomic E-state index is 6.90. The molecule has 0 aliphatic heterocycles. The second-order valence-corrected chi connectivity index (χ2v) is 18.3. The van der Waals surface area contributed by atoms with Gasteiger partial charge in [0.2, 0.25) is 0 Å². The fourth-order valence-corrected chi connectivity index (χ4v) is 10.9. The van der Waals surface area contributed by atoms with E-state index in [2.05, 4.69) is 198 Å². The van der Waals surface area contributed by atoms with E-state index in [4.69, 9.17) is 19.4 Å². The van der Waals surface area contributed by atoms with Gasteiger partial charge < -0.3 is 4.42 Å². The van der Waals surface area contributed by atoms with E-state index in [1.165, 1.54) is 60.5 Å². The van der Waals surface area contributed by atoms with Crippen LogP contribution in [-0.4, -0.2) is 15.0 Å². The number of aromatic nitrogens is 3. The molecule has 0 bridgehead atoms. The van der Waals surface area contributed by atoms with Crippen molar-refractivity contribution >= 4 is 43.5 Å². The van der Waals surface area contributed by atoms with E-state index < -0.39 is 0 Å². The van der Waals surface area contributed by atoms with Crippen LogP contribution >= 0.6 is 0 Å². The van der Waals surface area contributed by atoms with Crippen LogP contribution < -0.4 is 0 Å². The first kappa shape index (κ1) is 36.0. The highest BCUT2D eigenvalue weighted by molar-refractivity contribution is 6.18. The predicted octanol–water partition coefficient (Wildman–Crippen LogP) is 15.4. The molecule has 9 aromatic carbocycles. The topological polar surface area (TPSA) is 51.8 Å². The molecule has 0 atom stereocenters. The first-order chi connectivity index (χ1) is 30.7. The summed E-state index contributed by atoms with van der Waals surface area (Å²) in [5.41, 5.74) is 16.5. The fourth-order valence-electron chi connectivity index (χ4n) is 10.9. The third kappa shape index (κ3) is 5.12. The summed E-state index contributed by atoms with van der Waals surface area (Å²) in [7, 11) is 0. The molecule has 2 aromatic heterocycles. The maximum Gasteiger partial charge on any atom is 0.164 e. The van der Waals surface area contributed by atoms with E-state index in [1.54, 1.807) is 0 Å². The van der Waals surface area contributed by atoms with Gasteiger partial charge in [-0.3, -0.25) is 0 Å². The number of benzene rings is 9. The summed E-state index contributed by atoms with van der Waals surface area (Å²) in [4.78, 5) is 16.4. The molecule has 2 aliphatic carbocycles. The summed E-state index contributed by atoms with van der Waals surface area (Å²) in [5, 5.41) is 6.84. The van der Waals surface area contributed by atoms with Gasteiger partial charge in [0.25, 0.3) is 0 Å². The molecular weight excluding hydrogens is 767 g/mol. The van der Waals surface area contributed by atoms with Crippen molar-refractivity contribution in [2.75, 3.05) is 0 Å². The first-order valence-electron chi connectivity index (χ1n) is 21.9. The van der Waals surface area contributed by atoms with Crippen molar-refractivity contribution in [3.8, 4) is 67.5 Å². The van der Waals surface area contributed by atoms with E-state index >= 15 is 0 Å². The molecule has 0 saturated heterocycles. The van der Waals surface area contributed by atoms with Crippen LogP contribution in [-0.2, 0) is 10.8 Å². The standard InChI is InChI=1S/C59H41N3O/c1-58(2)47-23-13-10-19-39(47)45-32-44-36(31-49(45)58)28-26-35-27-29-37(30-43(35)44)55-60-56(40-20-9-8-18-38(40)34-16-6-5-7-17-34)62-57(61-55)46-33-50-53(41-21-11-14-24-48(41)59(50,3)4)54-52(46)42-22-12-15-25-51(42)63-54/h5-33H,1-4H3. The second kappa shape index (κ2) is 12.9. The van der Waals surface area contributed by atoms with Crippen molar-refractivity contribution < 1.29 is 4.42 Å². The summed E-state index contributed by atoms with van der Waals surface area (Å²) in [6, 6.07) is 63.2. The molecule has 298 valence electrons. The van der Waals surface area contributed by atoms with Gasteiger partial charge in [0.05, 0.1) is 0 Å². The van der Waals surface area contributed by atoms with Gasteiger partial charge >= 0.3 is 0 Å². The number of rotatable bonds is 4. The quantitative estimate of drug-likeness (QED) is 0.166. The third-order valence-corrected chi connectivity index (χ3v) is 14.1. The summed E-state index contributed by atoms with van der Waals surface area (Å²) < 4.78 is 6.90. The largest absolute Gasteiger partial charge is 0.455 e. The lowest BCUT2D eigenvalue weighted by Crippen LogP contribution is -2.15. The molecule has 0 spiro atoms. The molecule has 11 aromatic rings. The third-order valence-electron chi connectivity index (χ3n) is 14.1. The molecule has 0 amide bonds. The van der Waals surface area contributed by atoms with Gasteiger partial charge in [-0.2, -0.15) is 0 Å². The van der Waals surface area contributed by atoms with Crippen molar-refractivity contribution in [2.24, 2.45) is 0 Å². The minimum absolute atomic E-state index is 0.0774. The first-order valence-corrected chi connectivity index (χ1v) is 21.9. The lowest BCUT2D eigenvalue weighted by Gasteiger charge is -2.22. The van der Waals surface area contributed by atoms with Gasteiger partial charge in [0, 0.05) is 43.9 Å².